The maximum atomic E-state index is 14.0. The summed E-state index contributed by atoms with van der Waals surface area (Å²) in [6.45, 7) is 0.996. The van der Waals surface area contributed by atoms with Gasteiger partial charge in [-0.1, -0.05) is 0 Å². The molecule has 8 heteroatoms. The Hall–Kier alpha value is -2.48. The van der Waals surface area contributed by atoms with Gasteiger partial charge in [0.1, 0.15) is 11.9 Å². The summed E-state index contributed by atoms with van der Waals surface area (Å²) in [4.78, 5) is 37.0. The number of carbonyl (C=O) groups excluding carboxylic acids is 3. The SMILES string of the molecule is NCCNc1cc2c(cc1F)C(=O)N(C1CCC(=O)NC1=O)C2. The highest BCUT2D eigenvalue weighted by atomic mass is 19.1. The fourth-order valence-corrected chi connectivity index (χ4v) is 2.93. The van der Waals surface area contributed by atoms with Gasteiger partial charge in [0, 0.05) is 31.6 Å². The predicted molar refractivity (Wildman–Crippen MR) is 80.0 cm³/mol. The maximum Gasteiger partial charge on any atom is 0.255 e. The minimum Gasteiger partial charge on any atom is -0.381 e. The Balaban J connectivity index is 1.84. The number of halogens is 1. The van der Waals surface area contributed by atoms with E-state index >= 15 is 0 Å². The van der Waals surface area contributed by atoms with E-state index < -0.39 is 23.7 Å². The fraction of sp³-hybridized carbons (Fsp3) is 0.400. The number of imide groups is 1. The van der Waals surface area contributed by atoms with Crippen molar-refractivity contribution in [3.8, 4) is 0 Å². The number of nitrogens with two attached hydrogens (primary N) is 1. The van der Waals surface area contributed by atoms with Crippen LogP contribution in [-0.2, 0) is 16.1 Å². The third-order valence-electron chi connectivity index (χ3n) is 4.07. The van der Waals surface area contributed by atoms with Gasteiger partial charge >= 0.3 is 0 Å². The van der Waals surface area contributed by atoms with E-state index in [1.807, 2.05) is 0 Å². The van der Waals surface area contributed by atoms with Crippen LogP contribution in [0.4, 0.5) is 10.1 Å². The molecule has 1 atom stereocenters. The first-order valence-corrected chi connectivity index (χ1v) is 7.42. The fourth-order valence-electron chi connectivity index (χ4n) is 2.93. The minimum absolute atomic E-state index is 0.189. The monoisotopic (exact) mass is 320 g/mol. The Morgan fingerprint density at radius 2 is 2.13 bits per heavy atom. The van der Waals surface area contributed by atoms with Crippen molar-refractivity contribution in [1.82, 2.24) is 10.2 Å². The molecule has 1 aromatic carbocycles. The molecule has 0 spiro atoms. The lowest BCUT2D eigenvalue weighted by molar-refractivity contribution is -0.136. The number of rotatable bonds is 4. The molecule has 0 radical (unpaired) electrons. The number of nitrogens with zero attached hydrogens (tertiary/aromatic N) is 1. The van der Waals surface area contributed by atoms with Crippen molar-refractivity contribution >= 4 is 23.4 Å². The van der Waals surface area contributed by atoms with Gasteiger partial charge in [0.15, 0.2) is 0 Å². The van der Waals surface area contributed by atoms with Crippen LogP contribution in [0.5, 0.6) is 0 Å². The molecule has 1 fully saturated rings. The average molecular weight is 320 g/mol. The Bertz CT molecular complexity index is 692. The molecule has 122 valence electrons. The molecule has 1 aromatic rings. The normalized spacial score (nSPS) is 20.5. The first kappa shape index (κ1) is 15.4. The third-order valence-corrected chi connectivity index (χ3v) is 4.07. The molecule has 1 unspecified atom stereocenters. The molecule has 2 heterocycles. The molecule has 7 nitrogen and oxygen atoms in total. The Labute approximate surface area is 132 Å². The van der Waals surface area contributed by atoms with Crippen LogP contribution in [-0.4, -0.2) is 41.8 Å². The summed E-state index contributed by atoms with van der Waals surface area (Å²) in [5.41, 5.74) is 6.58. The lowest BCUT2D eigenvalue weighted by Gasteiger charge is -2.29. The summed E-state index contributed by atoms with van der Waals surface area (Å²) >= 11 is 0. The summed E-state index contributed by atoms with van der Waals surface area (Å²) in [6, 6.07) is 2.06. The summed E-state index contributed by atoms with van der Waals surface area (Å²) in [6.07, 6.45) is 0.472. The van der Waals surface area contributed by atoms with Crippen molar-refractivity contribution < 1.29 is 18.8 Å². The Morgan fingerprint density at radius 3 is 2.83 bits per heavy atom. The zero-order chi connectivity index (χ0) is 16.6. The van der Waals surface area contributed by atoms with Crippen LogP contribution < -0.4 is 16.4 Å². The number of benzene rings is 1. The topological polar surface area (TPSA) is 105 Å². The average Bonchev–Trinajstić information content (AvgIpc) is 2.81. The molecular weight excluding hydrogens is 303 g/mol. The third kappa shape index (κ3) is 2.77. The Morgan fingerprint density at radius 1 is 1.35 bits per heavy atom. The number of anilines is 1. The van der Waals surface area contributed by atoms with Gasteiger partial charge in [0.25, 0.3) is 5.91 Å². The van der Waals surface area contributed by atoms with Gasteiger partial charge in [-0.15, -0.1) is 0 Å². The quantitative estimate of drug-likeness (QED) is 0.675. The second kappa shape index (κ2) is 5.96. The lowest BCUT2D eigenvalue weighted by Crippen LogP contribution is -2.52. The molecule has 0 bridgehead atoms. The molecule has 0 saturated carbocycles. The predicted octanol–water partition coefficient (Wildman–Crippen LogP) is -0.0427. The lowest BCUT2D eigenvalue weighted by atomic mass is 10.0. The number of amides is 3. The minimum atomic E-state index is -0.698. The highest BCUT2D eigenvalue weighted by Crippen LogP contribution is 2.31. The molecular formula is C15H17FN4O3. The highest BCUT2D eigenvalue weighted by molar-refractivity contribution is 6.05. The van der Waals surface area contributed by atoms with E-state index in [1.165, 1.54) is 11.0 Å². The largest absolute Gasteiger partial charge is 0.381 e. The van der Waals surface area contributed by atoms with E-state index in [0.717, 1.165) is 0 Å². The van der Waals surface area contributed by atoms with Crippen molar-refractivity contribution in [3.63, 3.8) is 0 Å². The van der Waals surface area contributed by atoms with Crippen LogP contribution in [0, 0.1) is 5.82 Å². The number of hydrogen-bond donors (Lipinski definition) is 3. The molecule has 0 aliphatic carbocycles. The molecule has 23 heavy (non-hydrogen) atoms. The molecule has 2 aliphatic heterocycles. The first-order chi connectivity index (χ1) is 11.0. The van der Waals surface area contributed by atoms with Crippen LogP contribution >= 0.6 is 0 Å². The maximum absolute atomic E-state index is 14.0. The molecule has 2 aliphatic rings. The van der Waals surface area contributed by atoms with Gasteiger partial charge in [0.05, 0.1) is 5.69 Å². The molecule has 3 amide bonds. The van der Waals surface area contributed by atoms with Crippen LogP contribution in [0.2, 0.25) is 0 Å². The first-order valence-electron chi connectivity index (χ1n) is 7.42. The van der Waals surface area contributed by atoms with E-state index in [2.05, 4.69) is 10.6 Å². The van der Waals surface area contributed by atoms with Crippen LogP contribution in [0.25, 0.3) is 0 Å². The van der Waals surface area contributed by atoms with Crippen LogP contribution in [0.3, 0.4) is 0 Å². The molecule has 0 aromatic heterocycles. The summed E-state index contributed by atoms with van der Waals surface area (Å²) in [7, 11) is 0. The number of carbonyl (C=O) groups is 3. The van der Waals surface area contributed by atoms with Crippen molar-refractivity contribution in [2.45, 2.75) is 25.4 Å². The molecule has 4 N–H and O–H groups in total. The molecule has 3 rings (SSSR count). The van der Waals surface area contributed by atoms with E-state index in [4.69, 9.17) is 5.73 Å². The number of nitrogens with one attached hydrogen (secondary N) is 2. The van der Waals surface area contributed by atoms with Gasteiger partial charge < -0.3 is 16.0 Å². The number of fused-ring (bicyclic) bond motifs is 1. The zero-order valence-electron chi connectivity index (χ0n) is 12.4. The second-order valence-electron chi connectivity index (χ2n) is 5.60. The van der Waals surface area contributed by atoms with Gasteiger partial charge in [0.2, 0.25) is 11.8 Å². The standard InChI is InChI=1S/C15H17FN4O3/c16-10-6-9-8(5-11(10)18-4-3-17)7-20(15(9)23)12-1-2-13(21)19-14(12)22/h5-6,12,18H,1-4,7,17H2,(H,19,21,22). The van der Waals surface area contributed by atoms with Crippen LogP contribution in [0.15, 0.2) is 12.1 Å². The van der Waals surface area contributed by atoms with Gasteiger partial charge in [-0.3, -0.25) is 19.7 Å². The summed E-state index contributed by atoms with van der Waals surface area (Å²) in [5, 5.41) is 5.09. The summed E-state index contributed by atoms with van der Waals surface area (Å²) in [5.74, 6) is -1.74. The van der Waals surface area contributed by atoms with Crippen LogP contribution in [0.1, 0.15) is 28.8 Å². The van der Waals surface area contributed by atoms with Gasteiger partial charge in [-0.25, -0.2) is 4.39 Å². The molecule has 1 saturated heterocycles. The number of piperidine rings is 1. The zero-order valence-corrected chi connectivity index (χ0v) is 12.4. The highest BCUT2D eigenvalue weighted by Gasteiger charge is 2.39. The second-order valence-corrected chi connectivity index (χ2v) is 5.60. The Kier molecular flexibility index (Phi) is 3.99. The van der Waals surface area contributed by atoms with Gasteiger partial charge in [-0.2, -0.15) is 0 Å². The van der Waals surface area contributed by atoms with E-state index in [9.17, 15) is 18.8 Å². The number of hydrogen-bond acceptors (Lipinski definition) is 5. The van der Waals surface area contributed by atoms with E-state index in [1.54, 1.807) is 6.07 Å². The van der Waals surface area contributed by atoms with Crippen molar-refractivity contribution in [2.24, 2.45) is 5.73 Å². The summed E-state index contributed by atoms with van der Waals surface area (Å²) < 4.78 is 14.0. The van der Waals surface area contributed by atoms with Gasteiger partial charge in [-0.05, 0) is 24.1 Å². The van der Waals surface area contributed by atoms with Crippen molar-refractivity contribution in [3.05, 3.63) is 29.1 Å². The van der Waals surface area contributed by atoms with Crippen molar-refractivity contribution in [1.29, 1.82) is 0 Å². The smallest absolute Gasteiger partial charge is 0.255 e. The van der Waals surface area contributed by atoms with Crippen molar-refractivity contribution in [2.75, 3.05) is 18.4 Å². The van der Waals surface area contributed by atoms with E-state index in [-0.39, 0.29) is 36.5 Å². The van der Waals surface area contributed by atoms with E-state index in [0.29, 0.717) is 18.7 Å².